The van der Waals surface area contributed by atoms with Gasteiger partial charge in [0, 0.05) is 28.1 Å². The normalized spacial score (nSPS) is 12.0. The van der Waals surface area contributed by atoms with E-state index in [4.69, 9.17) is 0 Å². The van der Waals surface area contributed by atoms with Crippen molar-refractivity contribution in [3.63, 3.8) is 0 Å². The summed E-state index contributed by atoms with van der Waals surface area (Å²) in [5, 5.41) is 0. The molecule has 130 valence electrons. The first kappa shape index (κ1) is 23.8. The Morgan fingerprint density at radius 1 is 0.857 bits per heavy atom. The van der Waals surface area contributed by atoms with Crippen LogP contribution in [0.1, 0.15) is 59.3 Å². The van der Waals surface area contributed by atoms with E-state index in [1.807, 2.05) is 0 Å². The summed E-state index contributed by atoms with van der Waals surface area (Å²) in [7, 11) is -2.35. The molecule has 0 aromatic carbocycles. The Kier molecular flexibility index (Phi) is 16.0. The lowest BCUT2D eigenvalue weighted by Crippen LogP contribution is -2.07. The molecule has 0 aromatic heterocycles. The molecule has 0 saturated heterocycles. The van der Waals surface area contributed by atoms with Crippen LogP contribution in [-0.4, -0.2) is 39.4 Å². The summed E-state index contributed by atoms with van der Waals surface area (Å²) in [5.74, 6) is 0. The molecule has 0 unspecified atom stereocenters. The summed E-state index contributed by atoms with van der Waals surface area (Å²) in [6, 6.07) is 0. The van der Waals surface area contributed by atoms with Gasteiger partial charge in [-0.1, -0.05) is 40.0 Å². The fourth-order valence-corrected chi connectivity index (χ4v) is 6.09. The first-order chi connectivity index (χ1) is 9.80. The van der Waals surface area contributed by atoms with E-state index in [0.717, 1.165) is 14.2 Å². The Morgan fingerprint density at radius 3 is 1.29 bits per heavy atom. The first-order valence-electron chi connectivity index (χ1n) is 8.06. The Morgan fingerprint density at radius 2 is 1.14 bits per heavy atom. The maximum atomic E-state index is 9.95. The number of phosphoric acid groups is 1. The third-order valence-corrected chi connectivity index (χ3v) is 8.68. The van der Waals surface area contributed by atoms with Crippen LogP contribution in [-0.2, 0) is 13.6 Å². The molecule has 0 rings (SSSR count). The molecule has 0 aliphatic rings. The lowest BCUT2D eigenvalue weighted by atomic mass is 10.4. The van der Waals surface area contributed by atoms with Gasteiger partial charge < -0.3 is 13.9 Å². The molecule has 0 aliphatic carbocycles. The Labute approximate surface area is 133 Å². The third-order valence-electron chi connectivity index (χ3n) is 3.60. The van der Waals surface area contributed by atoms with E-state index in [1.165, 1.54) is 38.5 Å². The average molecular weight is 342 g/mol. The number of phosphoric ester groups is 1. The van der Waals surface area contributed by atoms with Gasteiger partial charge in [-0.2, -0.15) is 0 Å². The van der Waals surface area contributed by atoms with Crippen molar-refractivity contribution in [2.75, 3.05) is 39.4 Å². The zero-order valence-electron chi connectivity index (χ0n) is 14.9. The second-order valence-electron chi connectivity index (χ2n) is 5.66. The SMILES string of the molecule is CCCC[P+](C)(CCCC)CCCC.COP(=O)([O-])OC. The summed E-state index contributed by atoms with van der Waals surface area (Å²) >= 11 is 0. The van der Waals surface area contributed by atoms with Gasteiger partial charge in [-0.3, -0.25) is 4.57 Å². The lowest BCUT2D eigenvalue weighted by molar-refractivity contribution is -0.220. The molecule has 0 heterocycles. The molecular weight excluding hydrogens is 306 g/mol. The summed E-state index contributed by atoms with van der Waals surface area (Å²) in [6.45, 7) is 9.59. The maximum Gasteiger partial charge on any atom is 0.267 e. The summed E-state index contributed by atoms with van der Waals surface area (Å²) in [6.07, 6.45) is 13.2. The van der Waals surface area contributed by atoms with Crippen LogP contribution in [0.3, 0.4) is 0 Å². The molecule has 0 amide bonds. The highest BCUT2D eigenvalue weighted by Gasteiger charge is 2.28. The van der Waals surface area contributed by atoms with E-state index < -0.39 is 15.1 Å². The maximum absolute atomic E-state index is 9.95. The minimum atomic E-state index is -3.90. The fourth-order valence-electron chi connectivity index (χ4n) is 2.03. The second-order valence-corrected chi connectivity index (χ2v) is 11.9. The Bertz CT molecular complexity index is 243. The lowest BCUT2D eigenvalue weighted by Gasteiger charge is -2.22. The highest BCUT2D eigenvalue weighted by molar-refractivity contribution is 7.75. The quantitative estimate of drug-likeness (QED) is 0.507. The van der Waals surface area contributed by atoms with E-state index in [1.54, 1.807) is 18.5 Å². The van der Waals surface area contributed by atoms with Crippen LogP contribution < -0.4 is 4.89 Å². The fraction of sp³-hybridized carbons (Fsp3) is 1.00. The Balaban J connectivity index is 0. The second kappa shape index (κ2) is 14.2. The largest absolute Gasteiger partial charge is 0.756 e. The molecule has 0 saturated carbocycles. The zero-order chi connectivity index (χ0) is 16.8. The number of hydrogen-bond acceptors (Lipinski definition) is 4. The van der Waals surface area contributed by atoms with E-state index >= 15 is 0 Å². The molecule has 21 heavy (non-hydrogen) atoms. The van der Waals surface area contributed by atoms with Crippen LogP contribution >= 0.6 is 15.1 Å². The van der Waals surface area contributed by atoms with Crippen molar-refractivity contribution < 1.29 is 18.5 Å². The standard InChI is InChI=1S/C13H30P.C2H7O4P/c1-5-8-11-14(4,12-9-6-2)13-10-7-3;1-5-7(3,4)6-2/h5-13H2,1-4H3;1-2H3,(H,3,4)/q+1;/p-1. The van der Waals surface area contributed by atoms with Crippen LogP contribution in [0, 0.1) is 0 Å². The molecule has 0 spiro atoms. The van der Waals surface area contributed by atoms with Crippen molar-refractivity contribution in [1.29, 1.82) is 0 Å². The highest BCUT2D eigenvalue weighted by Crippen LogP contribution is 2.57. The highest BCUT2D eigenvalue weighted by atomic mass is 31.2. The van der Waals surface area contributed by atoms with Crippen molar-refractivity contribution in [1.82, 2.24) is 0 Å². The molecule has 0 bridgehead atoms. The van der Waals surface area contributed by atoms with Crippen molar-refractivity contribution in [2.45, 2.75) is 59.3 Å². The zero-order valence-corrected chi connectivity index (χ0v) is 16.7. The van der Waals surface area contributed by atoms with Gasteiger partial charge in [0.25, 0.3) is 7.82 Å². The monoisotopic (exact) mass is 342 g/mol. The van der Waals surface area contributed by atoms with Crippen LogP contribution in [0.15, 0.2) is 0 Å². The molecule has 4 nitrogen and oxygen atoms in total. The van der Waals surface area contributed by atoms with Crippen molar-refractivity contribution in [3.8, 4) is 0 Å². The minimum Gasteiger partial charge on any atom is -0.756 e. The van der Waals surface area contributed by atoms with Crippen LogP contribution in [0.4, 0.5) is 0 Å². The van der Waals surface area contributed by atoms with Gasteiger partial charge in [0.2, 0.25) is 0 Å². The van der Waals surface area contributed by atoms with Gasteiger partial charge in [-0.15, -0.1) is 0 Å². The van der Waals surface area contributed by atoms with Gasteiger partial charge in [0.15, 0.2) is 0 Å². The molecule has 0 aliphatic heterocycles. The number of hydrogen-bond donors (Lipinski definition) is 0. The van der Waals surface area contributed by atoms with Gasteiger partial charge >= 0.3 is 0 Å². The Hall–Kier alpha value is 0.540. The smallest absolute Gasteiger partial charge is 0.267 e. The van der Waals surface area contributed by atoms with Gasteiger partial charge in [-0.25, -0.2) is 0 Å². The van der Waals surface area contributed by atoms with Crippen LogP contribution in [0.5, 0.6) is 0 Å². The van der Waals surface area contributed by atoms with Crippen molar-refractivity contribution in [3.05, 3.63) is 0 Å². The first-order valence-corrected chi connectivity index (χ1v) is 12.3. The van der Waals surface area contributed by atoms with E-state index in [9.17, 15) is 9.46 Å². The van der Waals surface area contributed by atoms with Gasteiger partial charge in [0.05, 0.1) is 18.5 Å². The topological polar surface area (TPSA) is 58.6 Å². The molecule has 0 fully saturated rings. The predicted octanol–water partition coefficient (Wildman–Crippen LogP) is 4.78. The van der Waals surface area contributed by atoms with E-state index in [-0.39, 0.29) is 0 Å². The van der Waals surface area contributed by atoms with Crippen molar-refractivity contribution >= 4 is 15.1 Å². The molecule has 6 heteroatoms. The van der Waals surface area contributed by atoms with Gasteiger partial charge in [0.1, 0.15) is 0 Å². The molecule has 0 radical (unpaired) electrons. The van der Waals surface area contributed by atoms with Crippen LogP contribution in [0.25, 0.3) is 0 Å². The number of rotatable bonds is 11. The third kappa shape index (κ3) is 15.2. The molecule has 0 aromatic rings. The summed E-state index contributed by atoms with van der Waals surface area (Å²) < 4.78 is 17.7. The molecular formula is C15H36O4P2. The average Bonchev–Trinajstić information content (AvgIpc) is 2.50. The van der Waals surface area contributed by atoms with Crippen molar-refractivity contribution in [2.24, 2.45) is 0 Å². The molecule has 0 atom stereocenters. The van der Waals surface area contributed by atoms with Gasteiger partial charge in [-0.05, 0) is 19.3 Å². The van der Waals surface area contributed by atoms with E-state index in [2.05, 4.69) is 36.5 Å². The molecule has 0 N–H and O–H groups in total. The number of unbranched alkanes of at least 4 members (excludes halogenated alkanes) is 3. The van der Waals surface area contributed by atoms with E-state index in [0.29, 0.717) is 0 Å². The summed E-state index contributed by atoms with van der Waals surface area (Å²) in [4.78, 5) is 9.95. The minimum absolute atomic E-state index is 0.519. The van der Waals surface area contributed by atoms with Crippen LogP contribution in [0.2, 0.25) is 0 Å². The summed E-state index contributed by atoms with van der Waals surface area (Å²) in [5.41, 5.74) is 0. The predicted molar refractivity (Wildman–Crippen MR) is 93.8 cm³/mol.